The Kier molecular flexibility index (Phi) is 6.44. The number of anilines is 1. The molecule has 0 atom stereocenters. The van der Waals surface area contributed by atoms with E-state index in [-0.39, 0.29) is 23.5 Å². The van der Waals surface area contributed by atoms with Crippen LogP contribution in [0.5, 0.6) is 5.75 Å². The van der Waals surface area contributed by atoms with Crippen LogP contribution in [0.25, 0.3) is 0 Å². The molecule has 0 saturated heterocycles. The van der Waals surface area contributed by atoms with Gasteiger partial charge in [-0.05, 0) is 34.2 Å². The number of hydrogen-bond donors (Lipinski definition) is 1. The van der Waals surface area contributed by atoms with Crippen molar-refractivity contribution in [3.05, 3.63) is 71.4 Å². The van der Waals surface area contributed by atoms with Crippen LogP contribution in [0.15, 0.2) is 54.7 Å². The van der Waals surface area contributed by atoms with Crippen molar-refractivity contribution in [3.63, 3.8) is 0 Å². The third-order valence-corrected chi connectivity index (χ3v) is 4.46. The van der Waals surface area contributed by atoms with E-state index in [1.54, 1.807) is 12.1 Å². The summed E-state index contributed by atoms with van der Waals surface area (Å²) in [7, 11) is 0. The summed E-state index contributed by atoms with van der Waals surface area (Å²) in [5, 5.41) is 11.1. The van der Waals surface area contributed by atoms with Crippen LogP contribution in [0.4, 0.5) is 14.6 Å². The second-order valence-electron chi connectivity index (χ2n) is 7.95. The number of nitrogens with one attached hydrogen (secondary N) is 1. The second kappa shape index (κ2) is 9.02. The van der Waals surface area contributed by atoms with E-state index in [9.17, 15) is 13.6 Å². The molecule has 0 radical (unpaired) electrons. The van der Waals surface area contributed by atoms with Crippen molar-refractivity contribution in [2.75, 3.05) is 5.32 Å². The molecule has 8 heteroatoms. The molecule has 0 aliphatic rings. The summed E-state index contributed by atoms with van der Waals surface area (Å²) in [5.74, 6) is 0.258. The van der Waals surface area contributed by atoms with E-state index in [1.165, 1.54) is 28.7 Å². The van der Waals surface area contributed by atoms with E-state index in [4.69, 9.17) is 0 Å². The van der Waals surface area contributed by atoms with Crippen molar-refractivity contribution < 1.29 is 18.3 Å². The zero-order valence-electron chi connectivity index (χ0n) is 17.1. The van der Waals surface area contributed by atoms with Gasteiger partial charge < -0.3 is 10.1 Å². The zero-order valence-corrected chi connectivity index (χ0v) is 17.1. The number of rotatable bonds is 7. The first kappa shape index (κ1) is 21.4. The summed E-state index contributed by atoms with van der Waals surface area (Å²) in [6.45, 7) is 3.90. The molecule has 0 aliphatic carbocycles. The maximum Gasteiger partial charge on any atom is 0.387 e. The SMILES string of the molecule is CC(C)(C)c1ccc(CC(=O)Nc2cnn(Cc3ccc(OC(F)F)cc3)n2)cc1. The summed E-state index contributed by atoms with van der Waals surface area (Å²) in [6.07, 6.45) is 1.71. The van der Waals surface area contributed by atoms with E-state index >= 15 is 0 Å². The van der Waals surface area contributed by atoms with Gasteiger partial charge in [-0.25, -0.2) is 0 Å². The molecule has 3 aromatic rings. The molecule has 0 aliphatic heterocycles. The number of carbonyl (C=O) groups is 1. The summed E-state index contributed by atoms with van der Waals surface area (Å²) < 4.78 is 28.7. The predicted molar refractivity (Wildman–Crippen MR) is 110 cm³/mol. The first-order chi connectivity index (χ1) is 14.2. The number of benzene rings is 2. The van der Waals surface area contributed by atoms with Crippen molar-refractivity contribution in [1.82, 2.24) is 15.0 Å². The van der Waals surface area contributed by atoms with Gasteiger partial charge in [0.2, 0.25) is 5.91 Å². The van der Waals surface area contributed by atoms with Crippen LogP contribution in [0.1, 0.15) is 37.5 Å². The largest absolute Gasteiger partial charge is 0.435 e. The van der Waals surface area contributed by atoms with Gasteiger partial charge in [-0.2, -0.15) is 18.7 Å². The van der Waals surface area contributed by atoms with Crippen molar-refractivity contribution in [2.45, 2.75) is 45.8 Å². The highest BCUT2D eigenvalue weighted by Gasteiger charge is 2.14. The molecule has 0 unspecified atom stereocenters. The number of hydrogen-bond acceptors (Lipinski definition) is 4. The molecule has 158 valence electrons. The molecular formula is C22H24F2N4O2. The van der Waals surface area contributed by atoms with Gasteiger partial charge >= 0.3 is 6.61 Å². The van der Waals surface area contributed by atoms with E-state index in [1.807, 2.05) is 24.3 Å². The van der Waals surface area contributed by atoms with Crippen molar-refractivity contribution in [2.24, 2.45) is 0 Å². The highest BCUT2D eigenvalue weighted by Crippen LogP contribution is 2.22. The van der Waals surface area contributed by atoms with Crippen molar-refractivity contribution >= 4 is 11.7 Å². The highest BCUT2D eigenvalue weighted by atomic mass is 19.3. The predicted octanol–water partition coefficient (Wildman–Crippen LogP) is 4.41. The van der Waals surface area contributed by atoms with Gasteiger partial charge in [-0.1, -0.05) is 57.2 Å². The molecule has 1 heterocycles. The number of aromatic nitrogens is 3. The van der Waals surface area contributed by atoms with Crippen LogP contribution in [0, 0.1) is 0 Å². The fourth-order valence-corrected chi connectivity index (χ4v) is 2.87. The van der Waals surface area contributed by atoms with Crippen LogP contribution in [0.2, 0.25) is 0 Å². The Morgan fingerprint density at radius 3 is 2.30 bits per heavy atom. The number of amides is 1. The monoisotopic (exact) mass is 414 g/mol. The molecule has 2 aromatic carbocycles. The van der Waals surface area contributed by atoms with Gasteiger partial charge in [0.1, 0.15) is 5.75 Å². The fraction of sp³-hybridized carbons (Fsp3) is 0.318. The Hall–Kier alpha value is -3.29. The lowest BCUT2D eigenvalue weighted by Crippen LogP contribution is -2.16. The number of halogens is 2. The van der Waals surface area contributed by atoms with Gasteiger partial charge in [-0.3, -0.25) is 4.79 Å². The Morgan fingerprint density at radius 1 is 1.07 bits per heavy atom. The van der Waals surface area contributed by atoms with Gasteiger partial charge in [0.25, 0.3) is 0 Å². The molecule has 1 N–H and O–H groups in total. The van der Waals surface area contributed by atoms with Crippen LogP contribution >= 0.6 is 0 Å². The van der Waals surface area contributed by atoms with Crippen LogP contribution < -0.4 is 10.1 Å². The minimum atomic E-state index is -2.86. The maximum absolute atomic E-state index is 12.3. The van der Waals surface area contributed by atoms with Crippen LogP contribution in [0.3, 0.4) is 0 Å². The lowest BCUT2D eigenvalue weighted by atomic mass is 9.86. The molecule has 1 aromatic heterocycles. The van der Waals surface area contributed by atoms with Gasteiger partial charge in [0.05, 0.1) is 19.2 Å². The molecule has 3 rings (SSSR count). The Morgan fingerprint density at radius 2 is 1.70 bits per heavy atom. The number of alkyl halides is 2. The zero-order chi connectivity index (χ0) is 21.7. The number of ether oxygens (including phenoxy) is 1. The van der Waals surface area contributed by atoms with Gasteiger partial charge in [0.15, 0.2) is 5.82 Å². The van der Waals surface area contributed by atoms with E-state index in [0.717, 1.165) is 11.1 Å². The third kappa shape index (κ3) is 6.10. The second-order valence-corrected chi connectivity index (χ2v) is 7.95. The lowest BCUT2D eigenvalue weighted by molar-refractivity contribution is -0.115. The highest BCUT2D eigenvalue weighted by molar-refractivity contribution is 5.91. The minimum Gasteiger partial charge on any atom is -0.435 e. The van der Waals surface area contributed by atoms with Gasteiger partial charge in [-0.15, -0.1) is 5.10 Å². The smallest absolute Gasteiger partial charge is 0.387 e. The molecule has 0 saturated carbocycles. The first-order valence-electron chi connectivity index (χ1n) is 9.52. The van der Waals surface area contributed by atoms with Gasteiger partial charge in [0, 0.05) is 0 Å². The number of carbonyl (C=O) groups excluding carboxylic acids is 1. The Labute approximate surface area is 173 Å². The molecule has 0 fully saturated rings. The van der Waals surface area contributed by atoms with Crippen molar-refractivity contribution in [3.8, 4) is 5.75 Å². The molecular weight excluding hydrogens is 390 g/mol. The molecule has 30 heavy (non-hydrogen) atoms. The third-order valence-electron chi connectivity index (χ3n) is 4.46. The minimum absolute atomic E-state index is 0.0650. The Bertz CT molecular complexity index is 978. The molecule has 0 spiro atoms. The van der Waals surface area contributed by atoms with E-state index < -0.39 is 6.61 Å². The number of nitrogens with zero attached hydrogens (tertiary/aromatic N) is 3. The van der Waals surface area contributed by atoms with E-state index in [2.05, 4.69) is 41.0 Å². The topological polar surface area (TPSA) is 69.0 Å². The average molecular weight is 414 g/mol. The molecule has 6 nitrogen and oxygen atoms in total. The maximum atomic E-state index is 12.3. The summed E-state index contributed by atoms with van der Waals surface area (Å²) in [5.41, 5.74) is 3.00. The first-order valence-corrected chi connectivity index (χ1v) is 9.52. The summed E-state index contributed by atoms with van der Waals surface area (Å²) in [6, 6.07) is 14.2. The normalized spacial score (nSPS) is 11.5. The van der Waals surface area contributed by atoms with Crippen molar-refractivity contribution in [1.29, 1.82) is 0 Å². The molecule has 0 bridgehead atoms. The quantitative estimate of drug-likeness (QED) is 0.622. The van der Waals surface area contributed by atoms with E-state index in [0.29, 0.717) is 12.4 Å². The standard InChI is InChI=1S/C22H24F2N4O2/c1-22(2,3)17-8-4-15(5-9-17)12-20(29)26-19-13-25-28(27-19)14-16-6-10-18(11-7-16)30-21(23)24/h4-11,13,21H,12,14H2,1-3H3,(H,26,27,29). The van der Waals surface area contributed by atoms with Crippen LogP contribution in [-0.4, -0.2) is 27.5 Å². The summed E-state index contributed by atoms with van der Waals surface area (Å²) in [4.78, 5) is 13.7. The van der Waals surface area contributed by atoms with Crippen LogP contribution in [-0.2, 0) is 23.2 Å². The average Bonchev–Trinajstić information content (AvgIpc) is 3.09. The lowest BCUT2D eigenvalue weighted by Gasteiger charge is -2.19. The molecule has 1 amide bonds. The Balaban J connectivity index is 1.54. The fourth-order valence-electron chi connectivity index (χ4n) is 2.87. The summed E-state index contributed by atoms with van der Waals surface area (Å²) >= 11 is 0.